The molecule has 0 bridgehead atoms. The van der Waals surface area contributed by atoms with E-state index >= 15 is 0 Å². The van der Waals surface area contributed by atoms with E-state index in [0.717, 1.165) is 45.3 Å². The van der Waals surface area contributed by atoms with Crippen LogP contribution in [0.15, 0.2) is 12.2 Å². The summed E-state index contributed by atoms with van der Waals surface area (Å²) in [5.41, 5.74) is 0.0209. The van der Waals surface area contributed by atoms with E-state index in [0.29, 0.717) is 12.5 Å². The zero-order valence-corrected chi connectivity index (χ0v) is 14.7. The molecule has 0 radical (unpaired) electrons. The summed E-state index contributed by atoms with van der Waals surface area (Å²) in [5, 5.41) is 6.27. The standard InChI is InChI=1S/C18H31N3O2/c1-18(2,3)9-8-16(22)21-11-5-6-14(13-21)12-20-17(23)15-7-4-10-19-15/h8-9,14-15,19H,4-7,10-13H2,1-3H3,(H,20,23)/b9-8+/t14-,15-/m0/s1. The average Bonchev–Trinajstić information content (AvgIpc) is 3.04. The van der Waals surface area contributed by atoms with Crippen molar-refractivity contribution in [1.82, 2.24) is 15.5 Å². The van der Waals surface area contributed by atoms with E-state index in [4.69, 9.17) is 0 Å². The second kappa shape index (κ2) is 7.95. The molecule has 5 nitrogen and oxygen atoms in total. The Morgan fingerprint density at radius 3 is 2.70 bits per heavy atom. The molecule has 0 spiro atoms. The van der Waals surface area contributed by atoms with E-state index in [1.165, 1.54) is 0 Å². The summed E-state index contributed by atoms with van der Waals surface area (Å²) in [7, 11) is 0. The van der Waals surface area contributed by atoms with E-state index in [1.54, 1.807) is 6.08 Å². The highest BCUT2D eigenvalue weighted by Gasteiger charge is 2.25. The van der Waals surface area contributed by atoms with Crippen molar-refractivity contribution < 1.29 is 9.59 Å². The number of carbonyl (C=O) groups is 2. The van der Waals surface area contributed by atoms with Crippen molar-refractivity contribution in [3.63, 3.8) is 0 Å². The van der Waals surface area contributed by atoms with Gasteiger partial charge in [-0.3, -0.25) is 9.59 Å². The van der Waals surface area contributed by atoms with Gasteiger partial charge in [-0.1, -0.05) is 26.8 Å². The first-order valence-corrected chi connectivity index (χ1v) is 8.84. The van der Waals surface area contributed by atoms with Gasteiger partial charge in [-0.05, 0) is 49.6 Å². The van der Waals surface area contributed by atoms with E-state index in [9.17, 15) is 9.59 Å². The topological polar surface area (TPSA) is 61.4 Å². The summed E-state index contributed by atoms with van der Waals surface area (Å²) in [6.45, 7) is 9.43. The number of carbonyl (C=O) groups excluding carboxylic acids is 2. The molecule has 5 heteroatoms. The van der Waals surface area contributed by atoms with Crippen LogP contribution < -0.4 is 10.6 Å². The third kappa shape index (κ3) is 5.98. The smallest absolute Gasteiger partial charge is 0.246 e. The van der Waals surface area contributed by atoms with Crippen LogP contribution in [0.4, 0.5) is 0 Å². The molecule has 23 heavy (non-hydrogen) atoms. The van der Waals surface area contributed by atoms with Gasteiger partial charge in [-0.15, -0.1) is 0 Å². The lowest BCUT2D eigenvalue weighted by Crippen LogP contribution is -2.46. The Balaban J connectivity index is 1.77. The Kier molecular flexibility index (Phi) is 6.22. The Hall–Kier alpha value is -1.36. The molecule has 0 unspecified atom stereocenters. The fraction of sp³-hybridized carbons (Fsp3) is 0.778. The fourth-order valence-corrected chi connectivity index (χ4v) is 3.14. The number of allylic oxidation sites excluding steroid dienone is 1. The summed E-state index contributed by atoms with van der Waals surface area (Å²) >= 11 is 0. The molecule has 0 aromatic rings. The molecule has 2 N–H and O–H groups in total. The molecule has 0 aromatic carbocycles. The molecular weight excluding hydrogens is 290 g/mol. The van der Waals surface area contributed by atoms with Gasteiger partial charge in [0.25, 0.3) is 0 Å². The molecule has 2 heterocycles. The fourth-order valence-electron chi connectivity index (χ4n) is 3.14. The van der Waals surface area contributed by atoms with Crippen molar-refractivity contribution in [2.45, 2.75) is 52.5 Å². The first-order valence-electron chi connectivity index (χ1n) is 8.84. The van der Waals surface area contributed by atoms with Gasteiger partial charge in [0.1, 0.15) is 0 Å². The highest BCUT2D eigenvalue weighted by Crippen LogP contribution is 2.18. The predicted octanol–water partition coefficient (Wildman–Crippen LogP) is 1.70. The zero-order chi connectivity index (χ0) is 16.9. The number of hydrogen-bond acceptors (Lipinski definition) is 3. The van der Waals surface area contributed by atoms with Gasteiger partial charge in [0.15, 0.2) is 0 Å². The number of piperidine rings is 1. The lowest BCUT2D eigenvalue weighted by molar-refractivity contribution is -0.127. The number of hydrogen-bond donors (Lipinski definition) is 2. The second-order valence-corrected chi connectivity index (χ2v) is 7.89. The van der Waals surface area contributed by atoms with Gasteiger partial charge < -0.3 is 15.5 Å². The van der Waals surface area contributed by atoms with Crippen LogP contribution in [-0.2, 0) is 9.59 Å². The molecule has 2 rings (SSSR count). The van der Waals surface area contributed by atoms with Gasteiger partial charge >= 0.3 is 0 Å². The first-order chi connectivity index (χ1) is 10.8. The Bertz CT molecular complexity index is 448. The minimum absolute atomic E-state index is 0.0209. The quantitative estimate of drug-likeness (QED) is 0.775. The molecule has 2 fully saturated rings. The SMILES string of the molecule is CC(C)(C)/C=C/C(=O)N1CCC[C@@H](CNC(=O)[C@@H]2CCCN2)C1. The molecule has 0 aliphatic carbocycles. The van der Waals surface area contributed by atoms with Crippen LogP contribution in [0, 0.1) is 11.3 Å². The number of nitrogens with zero attached hydrogens (tertiary/aromatic N) is 1. The van der Waals surface area contributed by atoms with Crippen LogP contribution in [0.25, 0.3) is 0 Å². The summed E-state index contributed by atoms with van der Waals surface area (Å²) in [6, 6.07) is -0.0222. The van der Waals surface area contributed by atoms with E-state index in [1.807, 2.05) is 11.0 Å². The van der Waals surface area contributed by atoms with Crippen LogP contribution in [0.1, 0.15) is 46.5 Å². The number of nitrogens with one attached hydrogen (secondary N) is 2. The lowest BCUT2D eigenvalue weighted by Gasteiger charge is -2.32. The van der Waals surface area contributed by atoms with Crippen molar-refractivity contribution in [3.8, 4) is 0 Å². The molecule has 0 aromatic heterocycles. The molecule has 2 saturated heterocycles. The summed E-state index contributed by atoms with van der Waals surface area (Å²) in [4.78, 5) is 26.2. The third-order valence-electron chi connectivity index (χ3n) is 4.50. The Morgan fingerprint density at radius 2 is 2.04 bits per heavy atom. The number of amides is 2. The highest BCUT2D eigenvalue weighted by atomic mass is 16.2. The van der Waals surface area contributed by atoms with Crippen LogP contribution in [-0.4, -0.2) is 48.9 Å². The van der Waals surface area contributed by atoms with E-state index < -0.39 is 0 Å². The molecule has 2 atom stereocenters. The molecule has 0 saturated carbocycles. The van der Waals surface area contributed by atoms with Gasteiger partial charge in [0, 0.05) is 19.6 Å². The van der Waals surface area contributed by atoms with Gasteiger partial charge in [-0.2, -0.15) is 0 Å². The normalized spacial score (nSPS) is 25.8. The van der Waals surface area contributed by atoms with Crippen molar-refractivity contribution >= 4 is 11.8 Å². The van der Waals surface area contributed by atoms with E-state index in [2.05, 4.69) is 31.4 Å². The maximum absolute atomic E-state index is 12.3. The van der Waals surface area contributed by atoms with Gasteiger partial charge in [0.05, 0.1) is 6.04 Å². The van der Waals surface area contributed by atoms with Crippen molar-refractivity contribution in [1.29, 1.82) is 0 Å². The van der Waals surface area contributed by atoms with Crippen LogP contribution >= 0.6 is 0 Å². The first kappa shape index (κ1) is 18.0. The zero-order valence-electron chi connectivity index (χ0n) is 14.7. The molecule has 2 aliphatic rings. The summed E-state index contributed by atoms with van der Waals surface area (Å²) in [5.74, 6) is 0.563. The van der Waals surface area contributed by atoms with Crippen molar-refractivity contribution in [2.24, 2.45) is 11.3 Å². The Labute approximate surface area is 139 Å². The van der Waals surface area contributed by atoms with Crippen LogP contribution in [0.3, 0.4) is 0 Å². The van der Waals surface area contributed by atoms with E-state index in [-0.39, 0.29) is 23.3 Å². The van der Waals surface area contributed by atoms with Crippen molar-refractivity contribution in [3.05, 3.63) is 12.2 Å². The lowest BCUT2D eigenvalue weighted by atomic mass is 9.95. The van der Waals surface area contributed by atoms with Gasteiger partial charge in [-0.25, -0.2) is 0 Å². The maximum Gasteiger partial charge on any atom is 0.246 e. The average molecular weight is 321 g/mol. The maximum atomic E-state index is 12.3. The van der Waals surface area contributed by atoms with Crippen molar-refractivity contribution in [2.75, 3.05) is 26.2 Å². The monoisotopic (exact) mass is 321 g/mol. The summed E-state index contributed by atoms with van der Waals surface area (Å²) in [6.07, 6.45) is 7.75. The van der Waals surface area contributed by atoms with Crippen LogP contribution in [0.5, 0.6) is 0 Å². The molecule has 2 aliphatic heterocycles. The second-order valence-electron chi connectivity index (χ2n) is 7.89. The summed E-state index contributed by atoms with van der Waals surface area (Å²) < 4.78 is 0. The minimum Gasteiger partial charge on any atom is -0.354 e. The predicted molar refractivity (Wildman–Crippen MR) is 91.9 cm³/mol. The minimum atomic E-state index is -0.0222. The molecule has 130 valence electrons. The van der Waals surface area contributed by atoms with Gasteiger partial charge in [0.2, 0.25) is 11.8 Å². The largest absolute Gasteiger partial charge is 0.354 e. The number of likely N-dealkylation sites (tertiary alicyclic amines) is 1. The third-order valence-corrected chi connectivity index (χ3v) is 4.50. The molecule has 2 amide bonds. The molecular formula is C18H31N3O2. The Morgan fingerprint density at radius 1 is 1.26 bits per heavy atom. The highest BCUT2D eigenvalue weighted by molar-refractivity contribution is 5.87. The van der Waals surface area contributed by atoms with Crippen LogP contribution in [0.2, 0.25) is 0 Å². The number of rotatable bonds is 4.